The van der Waals surface area contributed by atoms with Crippen LogP contribution in [-0.2, 0) is 22.8 Å². The Balaban J connectivity index is 1.92. The van der Waals surface area contributed by atoms with Crippen molar-refractivity contribution in [1.82, 2.24) is 10.6 Å². The molecule has 0 aliphatic heterocycles. The Morgan fingerprint density at radius 3 is 2.46 bits per heavy atom. The van der Waals surface area contributed by atoms with Crippen LogP contribution in [0.25, 0.3) is 0 Å². The Labute approximate surface area is 168 Å². The Morgan fingerprint density at radius 1 is 1.11 bits per heavy atom. The first kappa shape index (κ1) is 21.8. The summed E-state index contributed by atoms with van der Waals surface area (Å²) in [6.45, 7) is 5.14. The molecule has 7 heteroatoms. The maximum Gasteiger partial charge on any atom is 0.191 e. The minimum Gasteiger partial charge on any atom is -0.496 e. The number of ether oxygens (including phenoxy) is 1. The van der Waals surface area contributed by atoms with Gasteiger partial charge < -0.3 is 15.4 Å². The van der Waals surface area contributed by atoms with E-state index in [9.17, 15) is 8.42 Å². The van der Waals surface area contributed by atoms with E-state index in [1.807, 2.05) is 31.2 Å². The molecule has 0 aliphatic carbocycles. The predicted molar refractivity (Wildman–Crippen MR) is 114 cm³/mol. The van der Waals surface area contributed by atoms with Crippen LogP contribution in [-0.4, -0.2) is 41.3 Å². The van der Waals surface area contributed by atoms with Crippen molar-refractivity contribution >= 4 is 15.8 Å². The molecule has 2 aromatic carbocycles. The van der Waals surface area contributed by atoms with Crippen LogP contribution in [0.4, 0.5) is 0 Å². The summed E-state index contributed by atoms with van der Waals surface area (Å²) in [7, 11) is 0.202. The Morgan fingerprint density at radius 2 is 1.86 bits per heavy atom. The number of sulfone groups is 1. The molecule has 0 unspecified atom stereocenters. The van der Waals surface area contributed by atoms with Crippen molar-refractivity contribution in [3.05, 3.63) is 58.7 Å². The standard InChI is InChI=1S/C21H29N3O3S/c1-15-6-8-19(27-4)18(12-15)10-11-23-21(22-3)24-14-17-7-9-20(16(2)13-17)28(5,25)26/h6-9,12-13H,10-11,14H2,1-5H3,(H2,22,23,24). The molecule has 0 radical (unpaired) electrons. The molecule has 2 aromatic rings. The highest BCUT2D eigenvalue weighted by Gasteiger charge is 2.11. The van der Waals surface area contributed by atoms with E-state index < -0.39 is 9.84 Å². The number of hydrogen-bond acceptors (Lipinski definition) is 4. The zero-order valence-electron chi connectivity index (χ0n) is 17.2. The highest BCUT2D eigenvalue weighted by Crippen LogP contribution is 2.20. The average Bonchev–Trinajstić information content (AvgIpc) is 2.63. The number of nitrogens with zero attached hydrogens (tertiary/aromatic N) is 1. The van der Waals surface area contributed by atoms with Gasteiger partial charge in [0, 0.05) is 26.4 Å². The van der Waals surface area contributed by atoms with Crippen molar-refractivity contribution in [3.63, 3.8) is 0 Å². The number of nitrogens with one attached hydrogen (secondary N) is 2. The van der Waals surface area contributed by atoms with Crippen molar-refractivity contribution in [2.45, 2.75) is 31.7 Å². The maximum atomic E-state index is 11.7. The summed E-state index contributed by atoms with van der Waals surface area (Å²) in [5, 5.41) is 6.55. The van der Waals surface area contributed by atoms with Gasteiger partial charge in [-0.25, -0.2) is 8.42 Å². The molecule has 0 amide bonds. The van der Waals surface area contributed by atoms with Crippen LogP contribution >= 0.6 is 0 Å². The van der Waals surface area contributed by atoms with E-state index in [4.69, 9.17) is 4.74 Å². The summed E-state index contributed by atoms with van der Waals surface area (Å²) in [6.07, 6.45) is 2.04. The lowest BCUT2D eigenvalue weighted by Crippen LogP contribution is -2.37. The minimum absolute atomic E-state index is 0.367. The van der Waals surface area contributed by atoms with Crippen molar-refractivity contribution in [2.24, 2.45) is 4.99 Å². The van der Waals surface area contributed by atoms with Gasteiger partial charge >= 0.3 is 0 Å². The summed E-state index contributed by atoms with van der Waals surface area (Å²) in [6, 6.07) is 11.5. The summed E-state index contributed by atoms with van der Waals surface area (Å²) in [4.78, 5) is 4.61. The van der Waals surface area contributed by atoms with Crippen molar-refractivity contribution < 1.29 is 13.2 Å². The molecule has 0 bridgehead atoms. The van der Waals surface area contributed by atoms with Gasteiger partial charge in [-0.05, 0) is 49.1 Å². The van der Waals surface area contributed by atoms with Crippen LogP contribution in [0.1, 0.15) is 22.3 Å². The third-order valence-corrected chi connectivity index (χ3v) is 5.70. The van der Waals surface area contributed by atoms with Crippen LogP contribution in [0.2, 0.25) is 0 Å². The Bertz CT molecular complexity index is 953. The number of methoxy groups -OCH3 is 1. The molecule has 0 saturated carbocycles. The van der Waals surface area contributed by atoms with Gasteiger partial charge in [-0.3, -0.25) is 4.99 Å². The molecule has 2 rings (SSSR count). The van der Waals surface area contributed by atoms with Gasteiger partial charge in [0.05, 0.1) is 12.0 Å². The number of aryl methyl sites for hydroxylation is 2. The van der Waals surface area contributed by atoms with Crippen molar-refractivity contribution in [3.8, 4) is 5.75 Å². The fourth-order valence-corrected chi connectivity index (χ4v) is 4.02. The summed E-state index contributed by atoms with van der Waals surface area (Å²) in [5.41, 5.74) is 4.09. The zero-order chi connectivity index (χ0) is 20.7. The Kier molecular flexibility index (Phi) is 7.45. The largest absolute Gasteiger partial charge is 0.496 e. The molecular weight excluding hydrogens is 374 g/mol. The van der Waals surface area contributed by atoms with Crippen LogP contribution in [0, 0.1) is 13.8 Å². The van der Waals surface area contributed by atoms with E-state index in [-0.39, 0.29) is 0 Å². The third-order valence-electron chi connectivity index (χ3n) is 4.45. The number of rotatable bonds is 7. The fraction of sp³-hybridized carbons (Fsp3) is 0.381. The second-order valence-electron chi connectivity index (χ2n) is 6.79. The van der Waals surface area contributed by atoms with E-state index in [0.717, 1.165) is 28.9 Å². The number of benzene rings is 2. The lowest BCUT2D eigenvalue weighted by molar-refractivity contribution is 0.409. The van der Waals surface area contributed by atoms with Crippen molar-refractivity contribution in [1.29, 1.82) is 0 Å². The first-order chi connectivity index (χ1) is 13.2. The molecule has 6 nitrogen and oxygen atoms in total. The number of hydrogen-bond donors (Lipinski definition) is 2. The second kappa shape index (κ2) is 9.59. The first-order valence-electron chi connectivity index (χ1n) is 9.12. The topological polar surface area (TPSA) is 79.8 Å². The van der Waals surface area contributed by atoms with E-state index in [1.54, 1.807) is 20.2 Å². The van der Waals surface area contributed by atoms with Gasteiger partial charge in [-0.1, -0.05) is 29.8 Å². The van der Waals surface area contributed by atoms with Crippen LogP contribution in [0.5, 0.6) is 5.75 Å². The minimum atomic E-state index is -3.20. The second-order valence-corrected chi connectivity index (χ2v) is 8.77. The van der Waals surface area contributed by atoms with Gasteiger partial charge in [0.25, 0.3) is 0 Å². The fourth-order valence-electron chi connectivity index (χ4n) is 3.06. The van der Waals surface area contributed by atoms with Gasteiger partial charge in [0.2, 0.25) is 0 Å². The van der Waals surface area contributed by atoms with Crippen molar-refractivity contribution in [2.75, 3.05) is 27.0 Å². The molecule has 28 heavy (non-hydrogen) atoms. The van der Waals surface area contributed by atoms with E-state index in [1.165, 1.54) is 11.8 Å². The van der Waals surface area contributed by atoms with Crippen LogP contribution in [0.15, 0.2) is 46.3 Å². The SMILES string of the molecule is CN=C(NCCc1cc(C)ccc1OC)NCc1ccc(S(C)(=O)=O)c(C)c1. The number of aliphatic imine (C=N–C) groups is 1. The van der Waals surface area contributed by atoms with E-state index in [0.29, 0.717) is 23.9 Å². The molecule has 152 valence electrons. The predicted octanol–water partition coefficient (Wildman–Crippen LogP) is 2.62. The highest BCUT2D eigenvalue weighted by molar-refractivity contribution is 7.90. The van der Waals surface area contributed by atoms with E-state index >= 15 is 0 Å². The van der Waals surface area contributed by atoms with Gasteiger partial charge in [-0.15, -0.1) is 0 Å². The quantitative estimate of drug-likeness (QED) is 0.549. The lowest BCUT2D eigenvalue weighted by Gasteiger charge is -2.14. The summed E-state index contributed by atoms with van der Waals surface area (Å²) in [5.74, 6) is 1.58. The molecule has 0 aliphatic rings. The zero-order valence-corrected chi connectivity index (χ0v) is 18.0. The third kappa shape index (κ3) is 5.99. The molecule has 0 aromatic heterocycles. The lowest BCUT2D eigenvalue weighted by atomic mass is 10.1. The summed E-state index contributed by atoms with van der Waals surface area (Å²) >= 11 is 0. The Hall–Kier alpha value is -2.54. The molecule has 0 atom stereocenters. The van der Waals surface area contributed by atoms with E-state index in [2.05, 4.69) is 28.6 Å². The molecular formula is C21H29N3O3S. The molecule has 2 N–H and O–H groups in total. The van der Waals surface area contributed by atoms with Gasteiger partial charge in [0.1, 0.15) is 5.75 Å². The average molecular weight is 404 g/mol. The normalized spacial score (nSPS) is 12.0. The monoisotopic (exact) mass is 403 g/mol. The maximum absolute atomic E-state index is 11.7. The van der Waals surface area contributed by atoms with Crippen LogP contribution in [0.3, 0.4) is 0 Å². The molecule has 0 heterocycles. The first-order valence-corrected chi connectivity index (χ1v) is 11.0. The van der Waals surface area contributed by atoms with Gasteiger partial charge in [-0.2, -0.15) is 0 Å². The number of guanidine groups is 1. The molecule has 0 saturated heterocycles. The molecule has 0 fully saturated rings. The van der Waals surface area contributed by atoms with Crippen LogP contribution < -0.4 is 15.4 Å². The molecule has 0 spiro atoms. The van der Waals surface area contributed by atoms with Gasteiger partial charge in [0.15, 0.2) is 15.8 Å². The summed E-state index contributed by atoms with van der Waals surface area (Å²) < 4.78 is 28.9. The smallest absolute Gasteiger partial charge is 0.191 e. The highest BCUT2D eigenvalue weighted by atomic mass is 32.2.